The van der Waals surface area contributed by atoms with Gasteiger partial charge in [-0.15, -0.1) is 21.5 Å². The number of carbonyl (C=O) groups excluding carboxylic acids is 3. The summed E-state index contributed by atoms with van der Waals surface area (Å²) in [7, 11) is 0. The number of aromatic hydroxyl groups is 1. The van der Waals surface area contributed by atoms with E-state index in [9.17, 15) is 24.6 Å². The Morgan fingerprint density at radius 1 is 0.900 bits per heavy atom. The molecule has 0 radical (unpaired) electrons. The van der Waals surface area contributed by atoms with Gasteiger partial charge in [-0.2, -0.15) is 5.10 Å². The van der Waals surface area contributed by atoms with Crippen molar-refractivity contribution in [1.82, 2.24) is 45.4 Å². The van der Waals surface area contributed by atoms with Crippen LogP contribution >= 0.6 is 11.3 Å². The fraction of sp³-hybridized carbons (Fsp3) is 0.537. The molecule has 372 valence electrons. The molecule has 2 aliphatic carbocycles. The number of nitrogens with one attached hydrogen (secondary N) is 2. The van der Waals surface area contributed by atoms with Crippen LogP contribution in [0, 0.1) is 29.6 Å². The first kappa shape index (κ1) is 49.3. The summed E-state index contributed by atoms with van der Waals surface area (Å²) in [5.74, 6) is 0.0880. The Kier molecular flexibility index (Phi) is 14.5. The van der Waals surface area contributed by atoms with E-state index < -0.39 is 23.6 Å². The van der Waals surface area contributed by atoms with E-state index in [4.69, 9.17) is 10.8 Å². The molecular weight excluding hydrogens is 901 g/mol. The fourth-order valence-corrected chi connectivity index (χ4v) is 12.4. The second-order valence-electron chi connectivity index (χ2n) is 21.8. The number of nitrogens with two attached hydrogens (primary N) is 1. The average molecular weight is 971 g/mol. The molecule has 4 fully saturated rings. The van der Waals surface area contributed by atoms with Crippen molar-refractivity contribution >= 4 is 34.9 Å². The number of carbonyl (C=O) groups is 3. The van der Waals surface area contributed by atoms with Gasteiger partial charge < -0.3 is 36.4 Å². The number of nitrogens with zero attached hydrogens (tertiary/aromatic N) is 7. The van der Waals surface area contributed by atoms with Gasteiger partial charge in [0, 0.05) is 48.3 Å². The van der Waals surface area contributed by atoms with Gasteiger partial charge in [-0.1, -0.05) is 57.2 Å². The van der Waals surface area contributed by atoms with E-state index in [1.165, 1.54) is 30.6 Å². The quantitative estimate of drug-likeness (QED) is 0.0808. The highest BCUT2D eigenvalue weighted by atomic mass is 32.1. The van der Waals surface area contributed by atoms with E-state index in [0.29, 0.717) is 34.4 Å². The van der Waals surface area contributed by atoms with Crippen molar-refractivity contribution in [2.45, 2.75) is 136 Å². The highest BCUT2D eigenvalue weighted by Gasteiger charge is 2.46. The lowest BCUT2D eigenvalue weighted by atomic mass is 9.67. The highest BCUT2D eigenvalue weighted by molar-refractivity contribution is 7.13. The van der Waals surface area contributed by atoms with Crippen LogP contribution in [0.3, 0.4) is 0 Å². The third kappa shape index (κ3) is 10.8. The lowest BCUT2D eigenvalue weighted by Crippen LogP contribution is -2.58. The van der Waals surface area contributed by atoms with Gasteiger partial charge in [0.25, 0.3) is 0 Å². The molecule has 16 heteroatoms. The number of thiazole rings is 1. The summed E-state index contributed by atoms with van der Waals surface area (Å²) < 4.78 is 2.10. The van der Waals surface area contributed by atoms with Crippen LogP contribution in [0.15, 0.2) is 72.5 Å². The first-order valence-corrected chi connectivity index (χ1v) is 26.2. The Balaban J connectivity index is 0.724. The van der Waals surface area contributed by atoms with Crippen molar-refractivity contribution in [2.75, 3.05) is 31.9 Å². The summed E-state index contributed by atoms with van der Waals surface area (Å²) in [6.07, 6.45) is 13.7. The zero-order valence-corrected chi connectivity index (χ0v) is 42.1. The molecule has 2 aliphatic heterocycles. The number of phenolic OH excluding ortho intramolecular Hbond substituents is 1. The first-order valence-electron chi connectivity index (χ1n) is 25.3. The van der Waals surface area contributed by atoms with E-state index in [1.807, 2.05) is 88.8 Å². The van der Waals surface area contributed by atoms with E-state index >= 15 is 0 Å². The maximum atomic E-state index is 14.4. The van der Waals surface area contributed by atoms with Gasteiger partial charge in [0.2, 0.25) is 17.7 Å². The smallest absolute Gasteiger partial charge is 0.246 e. The number of aromatic nitrogens is 5. The van der Waals surface area contributed by atoms with Gasteiger partial charge in [-0.05, 0) is 137 Å². The van der Waals surface area contributed by atoms with Gasteiger partial charge >= 0.3 is 0 Å². The van der Waals surface area contributed by atoms with Crippen LogP contribution in [0.4, 0.5) is 5.82 Å². The maximum Gasteiger partial charge on any atom is 0.246 e. The standard InChI is InChI=1S/C54H70N10O5S/c1-33(36-14-16-37(17-15-36)47-34(2)56-32-70-47)58-51(68)45-26-41(65)31-63(45)52(69)48(53(3,4)5)59-50(67)38-12-10-35(11-13-38)29-62-24-22-54(23-25-62)20-18-40(19-21-54)64-30-39(28-57-64)43-27-44(60-61-49(43)55)42-8-6-7-9-46(42)66/h6-9,14-17,27-28,30,32-33,35,38,40-41,45,48,65-66H,10-13,18-26,29,31H2,1-5H3,(H2,55,61)(H,58,68)(H,59,67)/t33-,35?,38?,41+,45-,48+/m0/s1. The molecule has 1 spiro atoms. The number of aliphatic hydroxyl groups excluding tert-OH is 1. The number of para-hydroxylation sites is 1. The van der Waals surface area contributed by atoms with Crippen molar-refractivity contribution in [3.05, 3.63) is 83.8 Å². The Hall–Kier alpha value is -5.71. The van der Waals surface area contributed by atoms with Crippen LogP contribution in [0.2, 0.25) is 0 Å². The molecule has 3 amide bonds. The third-order valence-electron chi connectivity index (χ3n) is 16.0. The molecule has 0 unspecified atom stereocenters. The molecular formula is C54H70N10O5S. The maximum absolute atomic E-state index is 14.4. The number of aliphatic hydroxyl groups is 1. The number of β-amino-alcohol motifs (C(OH)–C–C–N with tert-alkyl or cyclic N) is 1. The summed E-state index contributed by atoms with van der Waals surface area (Å²) >= 11 is 1.59. The van der Waals surface area contributed by atoms with Crippen LogP contribution in [-0.2, 0) is 14.4 Å². The number of nitrogen functional groups attached to an aromatic ring is 1. The van der Waals surface area contributed by atoms with E-state index in [-0.39, 0.29) is 48.4 Å². The molecule has 4 aliphatic rings. The molecule has 70 heavy (non-hydrogen) atoms. The minimum atomic E-state index is -0.846. The Labute approximate surface area is 415 Å². The van der Waals surface area contributed by atoms with Crippen molar-refractivity contribution in [3.63, 3.8) is 0 Å². The minimum absolute atomic E-state index is 0.0408. The Morgan fingerprint density at radius 3 is 2.29 bits per heavy atom. The second kappa shape index (κ2) is 20.6. The molecule has 4 atom stereocenters. The van der Waals surface area contributed by atoms with Gasteiger partial charge in [0.1, 0.15) is 17.8 Å². The normalized spacial score (nSPS) is 23.0. The largest absolute Gasteiger partial charge is 0.507 e. The second-order valence-corrected chi connectivity index (χ2v) is 22.7. The van der Waals surface area contributed by atoms with Gasteiger partial charge in [-0.3, -0.25) is 19.1 Å². The molecule has 15 nitrogen and oxygen atoms in total. The summed E-state index contributed by atoms with van der Waals surface area (Å²) in [6, 6.07) is 15.3. The molecule has 2 aromatic carbocycles. The summed E-state index contributed by atoms with van der Waals surface area (Å²) in [6.45, 7) is 13.0. The summed E-state index contributed by atoms with van der Waals surface area (Å²) in [5.41, 5.74) is 13.7. The average Bonchev–Trinajstić information content (AvgIpc) is 4.12. The molecule has 5 aromatic rings. The summed E-state index contributed by atoms with van der Waals surface area (Å²) in [4.78, 5) is 51.7. The first-order chi connectivity index (χ1) is 33.5. The Bertz CT molecular complexity index is 2630. The number of rotatable bonds is 12. The monoisotopic (exact) mass is 971 g/mol. The number of benzene rings is 2. The predicted molar refractivity (Wildman–Crippen MR) is 272 cm³/mol. The molecule has 6 N–H and O–H groups in total. The SMILES string of the molecule is Cc1ncsc1-c1ccc([C@H](C)NC(=O)[C@@H]2C[C@@H](O)CN2C(=O)[C@@H](NC(=O)C2CCC(CN3CCC4(CCC(n5cc(-c6cc(-c7ccccc7O)nnc6N)cn5)CC4)CC3)CC2)C(C)(C)C)cc1. The number of piperidine rings is 1. The molecule has 3 aromatic heterocycles. The van der Waals surface area contributed by atoms with Gasteiger partial charge in [0.05, 0.1) is 46.2 Å². The van der Waals surface area contributed by atoms with Crippen LogP contribution in [0.5, 0.6) is 5.75 Å². The number of hydrogen-bond acceptors (Lipinski definition) is 12. The van der Waals surface area contributed by atoms with Gasteiger partial charge in [0.15, 0.2) is 5.82 Å². The van der Waals surface area contributed by atoms with Crippen LogP contribution in [0.25, 0.3) is 32.8 Å². The predicted octanol–water partition coefficient (Wildman–Crippen LogP) is 8.10. The minimum Gasteiger partial charge on any atom is -0.507 e. The number of likely N-dealkylation sites (tertiary alicyclic amines) is 2. The van der Waals surface area contributed by atoms with Crippen molar-refractivity contribution < 1.29 is 24.6 Å². The molecule has 5 heterocycles. The zero-order valence-electron chi connectivity index (χ0n) is 41.3. The number of anilines is 1. The van der Waals surface area contributed by atoms with E-state index in [0.717, 1.165) is 91.0 Å². The number of aryl methyl sites for hydroxylation is 1. The van der Waals surface area contributed by atoms with Crippen molar-refractivity contribution in [3.8, 4) is 38.6 Å². The molecule has 0 bridgehead atoms. The van der Waals surface area contributed by atoms with Crippen LogP contribution in [-0.4, -0.2) is 107 Å². The van der Waals surface area contributed by atoms with Gasteiger partial charge in [-0.25, -0.2) is 4.98 Å². The number of amides is 3. The van der Waals surface area contributed by atoms with E-state index in [2.05, 4.69) is 41.6 Å². The van der Waals surface area contributed by atoms with E-state index in [1.54, 1.807) is 23.5 Å². The number of phenols is 1. The molecule has 2 saturated heterocycles. The van der Waals surface area contributed by atoms with Crippen LogP contribution < -0.4 is 16.4 Å². The lowest BCUT2D eigenvalue weighted by molar-refractivity contribution is -0.145. The third-order valence-corrected chi connectivity index (χ3v) is 17.0. The van der Waals surface area contributed by atoms with Crippen molar-refractivity contribution in [1.29, 1.82) is 0 Å². The summed E-state index contributed by atoms with van der Waals surface area (Å²) in [5, 5.41) is 40.6. The highest BCUT2D eigenvalue weighted by Crippen LogP contribution is 2.48. The lowest BCUT2D eigenvalue weighted by Gasteiger charge is -2.46. The number of hydrogen-bond donors (Lipinski definition) is 5. The fourth-order valence-electron chi connectivity index (χ4n) is 11.6. The zero-order chi connectivity index (χ0) is 49.3. The van der Waals surface area contributed by atoms with Crippen molar-refractivity contribution in [2.24, 2.45) is 22.7 Å². The van der Waals surface area contributed by atoms with Crippen LogP contribution in [0.1, 0.15) is 122 Å². The molecule has 2 saturated carbocycles. The molecule has 9 rings (SSSR count). The topological polar surface area (TPSA) is 205 Å². The Morgan fingerprint density at radius 2 is 1.61 bits per heavy atom.